The third-order valence-electron chi connectivity index (χ3n) is 4.09. The molecule has 2 aliphatic rings. The van der Waals surface area contributed by atoms with Gasteiger partial charge < -0.3 is 15.5 Å². The first kappa shape index (κ1) is 17.2. The van der Waals surface area contributed by atoms with Crippen molar-refractivity contribution < 1.29 is 19.2 Å². The molecule has 1 aromatic rings. The van der Waals surface area contributed by atoms with Gasteiger partial charge in [0.15, 0.2) is 0 Å². The average molecular weight is 363 g/mol. The quantitative estimate of drug-likeness (QED) is 0.537. The topological polar surface area (TPSA) is 117 Å². The number of nitrogens with zero attached hydrogens (tertiary/aromatic N) is 4. The first-order valence-electron chi connectivity index (χ1n) is 7.68. The molecule has 3 heterocycles. The number of rotatable bonds is 5. The van der Waals surface area contributed by atoms with Crippen LogP contribution < -0.4 is 5.73 Å². The second-order valence-corrected chi connectivity index (χ2v) is 6.74. The number of piperazine rings is 1. The first-order valence-corrected chi connectivity index (χ1v) is 8.67. The van der Waals surface area contributed by atoms with Crippen molar-refractivity contribution in [3.8, 4) is 0 Å². The lowest BCUT2D eigenvalue weighted by atomic mass is 10.2. The fourth-order valence-electron chi connectivity index (χ4n) is 2.85. The molecule has 0 bridgehead atoms. The lowest BCUT2D eigenvalue weighted by molar-refractivity contribution is -0.135. The molecule has 0 aliphatic carbocycles. The van der Waals surface area contributed by atoms with E-state index in [1.807, 2.05) is 12.1 Å². The molecule has 2 saturated heterocycles. The van der Waals surface area contributed by atoms with E-state index < -0.39 is 30.4 Å². The van der Waals surface area contributed by atoms with Crippen LogP contribution in [0, 0.1) is 0 Å². The molecule has 3 rings (SSSR count). The molecule has 0 saturated carbocycles. The average Bonchev–Trinajstić information content (AvgIpc) is 2.84. The highest BCUT2D eigenvalue weighted by Crippen LogP contribution is 2.23. The van der Waals surface area contributed by atoms with E-state index in [4.69, 9.17) is 5.73 Å². The van der Waals surface area contributed by atoms with Crippen molar-refractivity contribution in [3.63, 3.8) is 0 Å². The molecule has 25 heavy (non-hydrogen) atoms. The predicted octanol–water partition coefficient (Wildman–Crippen LogP) is -0.866. The molecule has 10 heteroatoms. The highest BCUT2D eigenvalue weighted by molar-refractivity contribution is 8.00. The molecule has 0 aromatic carbocycles. The minimum Gasteiger partial charge on any atom is -0.368 e. The van der Waals surface area contributed by atoms with E-state index in [0.717, 1.165) is 9.80 Å². The number of nitrogens with two attached hydrogens (primary N) is 1. The minimum absolute atomic E-state index is 0.102. The summed E-state index contributed by atoms with van der Waals surface area (Å²) in [4.78, 5) is 56.6. The number of aromatic nitrogens is 1. The van der Waals surface area contributed by atoms with Crippen LogP contribution in [0.15, 0.2) is 29.4 Å². The Bertz CT molecular complexity index is 713. The van der Waals surface area contributed by atoms with Crippen LogP contribution >= 0.6 is 11.8 Å². The van der Waals surface area contributed by atoms with Gasteiger partial charge in [0.05, 0.1) is 12.3 Å². The van der Waals surface area contributed by atoms with Gasteiger partial charge in [-0.3, -0.25) is 24.3 Å². The van der Waals surface area contributed by atoms with E-state index in [1.165, 1.54) is 16.7 Å². The van der Waals surface area contributed by atoms with Gasteiger partial charge in [-0.2, -0.15) is 0 Å². The largest absolute Gasteiger partial charge is 0.368 e. The van der Waals surface area contributed by atoms with E-state index in [2.05, 4.69) is 4.98 Å². The summed E-state index contributed by atoms with van der Waals surface area (Å²) >= 11 is 1.39. The van der Waals surface area contributed by atoms with Crippen LogP contribution in [0.2, 0.25) is 0 Å². The zero-order chi connectivity index (χ0) is 18.0. The van der Waals surface area contributed by atoms with Gasteiger partial charge in [-0.05, 0) is 12.1 Å². The summed E-state index contributed by atoms with van der Waals surface area (Å²) in [6, 6.07) is 2.37. The fraction of sp³-hybridized carbons (Fsp3) is 0.400. The number of carbonyl (C=O) groups excluding carboxylic acids is 4. The Morgan fingerprint density at radius 2 is 1.96 bits per heavy atom. The highest BCUT2D eigenvalue weighted by Gasteiger charge is 2.48. The number of hydrogen-bond acceptors (Lipinski definition) is 6. The number of fused-ring (bicyclic) bond motifs is 1. The van der Waals surface area contributed by atoms with Gasteiger partial charge in [0.2, 0.25) is 11.8 Å². The Morgan fingerprint density at radius 3 is 2.64 bits per heavy atom. The Balaban J connectivity index is 1.60. The van der Waals surface area contributed by atoms with Crippen LogP contribution in [0.25, 0.3) is 0 Å². The number of thioether (sulfide) groups is 1. The lowest BCUT2D eigenvalue weighted by Crippen LogP contribution is -2.55. The monoisotopic (exact) mass is 363 g/mol. The van der Waals surface area contributed by atoms with E-state index >= 15 is 0 Å². The molecule has 2 N–H and O–H groups in total. The van der Waals surface area contributed by atoms with Gasteiger partial charge in [-0.25, -0.2) is 4.79 Å². The Morgan fingerprint density at radius 1 is 1.24 bits per heavy atom. The van der Waals surface area contributed by atoms with Gasteiger partial charge in [-0.15, -0.1) is 11.8 Å². The fourth-order valence-corrected chi connectivity index (χ4v) is 3.64. The standard InChI is InChI=1S/C15H17N5O4S/c16-12(21)8-20-14(23)11-7-18(5-6-19(11)15(20)24)13(22)9-25-10-1-3-17-4-2-10/h1-4,11H,5-9H2,(H2,16,21)/t11-/m0/s1. The van der Waals surface area contributed by atoms with Gasteiger partial charge in [0, 0.05) is 30.4 Å². The van der Waals surface area contributed by atoms with Crippen molar-refractivity contribution in [1.82, 2.24) is 19.7 Å². The summed E-state index contributed by atoms with van der Waals surface area (Å²) < 4.78 is 0. The summed E-state index contributed by atoms with van der Waals surface area (Å²) in [5, 5.41) is 0. The van der Waals surface area contributed by atoms with Crippen molar-refractivity contribution in [3.05, 3.63) is 24.5 Å². The normalized spacial score (nSPS) is 20.0. The molecule has 132 valence electrons. The SMILES string of the molecule is NC(=O)CN1C(=O)[C@@H]2CN(C(=O)CSc3ccncc3)CCN2C1=O. The van der Waals surface area contributed by atoms with Gasteiger partial charge in [0.1, 0.15) is 12.6 Å². The number of imide groups is 1. The van der Waals surface area contributed by atoms with Crippen LogP contribution in [0.3, 0.4) is 0 Å². The maximum Gasteiger partial charge on any atom is 0.328 e. The molecule has 1 atom stereocenters. The third kappa shape index (κ3) is 3.58. The molecule has 0 spiro atoms. The number of pyridine rings is 1. The first-order chi connectivity index (χ1) is 12.0. The maximum absolute atomic E-state index is 12.4. The van der Waals surface area contributed by atoms with Crippen molar-refractivity contribution in [2.24, 2.45) is 5.73 Å². The van der Waals surface area contributed by atoms with Crippen LogP contribution in [-0.4, -0.2) is 81.4 Å². The van der Waals surface area contributed by atoms with E-state index in [-0.39, 0.29) is 24.7 Å². The zero-order valence-electron chi connectivity index (χ0n) is 13.3. The van der Waals surface area contributed by atoms with Gasteiger partial charge in [-0.1, -0.05) is 0 Å². The van der Waals surface area contributed by atoms with Crippen LogP contribution in [0.5, 0.6) is 0 Å². The molecule has 0 radical (unpaired) electrons. The number of hydrogen-bond donors (Lipinski definition) is 1. The molecule has 0 unspecified atom stereocenters. The van der Waals surface area contributed by atoms with E-state index in [9.17, 15) is 19.2 Å². The summed E-state index contributed by atoms with van der Waals surface area (Å²) in [5.74, 6) is -1.09. The highest BCUT2D eigenvalue weighted by atomic mass is 32.2. The second-order valence-electron chi connectivity index (χ2n) is 5.69. The van der Waals surface area contributed by atoms with E-state index in [1.54, 1.807) is 17.3 Å². The summed E-state index contributed by atoms with van der Waals surface area (Å²) in [6.07, 6.45) is 3.31. The molecule has 9 nitrogen and oxygen atoms in total. The number of amides is 5. The number of urea groups is 1. The summed E-state index contributed by atoms with van der Waals surface area (Å²) in [7, 11) is 0. The van der Waals surface area contributed by atoms with Gasteiger partial charge in [0.25, 0.3) is 5.91 Å². The number of carbonyl (C=O) groups is 4. The summed E-state index contributed by atoms with van der Waals surface area (Å²) in [5.41, 5.74) is 5.08. The van der Waals surface area contributed by atoms with Crippen molar-refractivity contribution in [2.45, 2.75) is 10.9 Å². The second kappa shape index (κ2) is 7.09. The van der Waals surface area contributed by atoms with Crippen molar-refractivity contribution >= 4 is 35.5 Å². The molecular weight excluding hydrogens is 346 g/mol. The Labute approximate surface area is 148 Å². The smallest absolute Gasteiger partial charge is 0.328 e. The van der Waals surface area contributed by atoms with Crippen LogP contribution in [-0.2, 0) is 14.4 Å². The Kier molecular flexibility index (Phi) is 4.88. The van der Waals surface area contributed by atoms with E-state index in [0.29, 0.717) is 6.54 Å². The zero-order valence-corrected chi connectivity index (χ0v) is 14.1. The minimum atomic E-state index is -0.747. The molecule has 1 aromatic heterocycles. The number of primary amides is 1. The van der Waals surface area contributed by atoms with Crippen molar-refractivity contribution in [2.75, 3.05) is 31.9 Å². The molecule has 5 amide bonds. The lowest BCUT2D eigenvalue weighted by Gasteiger charge is -2.35. The van der Waals surface area contributed by atoms with Crippen molar-refractivity contribution in [1.29, 1.82) is 0 Å². The van der Waals surface area contributed by atoms with Crippen LogP contribution in [0.4, 0.5) is 4.79 Å². The van der Waals surface area contributed by atoms with Gasteiger partial charge >= 0.3 is 6.03 Å². The third-order valence-corrected chi connectivity index (χ3v) is 5.08. The maximum atomic E-state index is 12.4. The summed E-state index contributed by atoms with van der Waals surface area (Å²) in [6.45, 7) is 0.317. The molecule has 2 aliphatic heterocycles. The molecular formula is C15H17N5O4S. The molecule has 2 fully saturated rings. The van der Waals surface area contributed by atoms with Crippen LogP contribution in [0.1, 0.15) is 0 Å². The Hall–Kier alpha value is -2.62. The predicted molar refractivity (Wildman–Crippen MR) is 88.3 cm³/mol.